The molecule has 2 fully saturated rings. The molecule has 0 spiro atoms. The Bertz CT molecular complexity index is 273. The first kappa shape index (κ1) is 12.3. The summed E-state index contributed by atoms with van der Waals surface area (Å²) in [5.74, 6) is 2.07. The van der Waals surface area contributed by atoms with Gasteiger partial charge in [0.05, 0.1) is 6.04 Å². The summed E-state index contributed by atoms with van der Waals surface area (Å²) >= 11 is 1.90. The summed E-state index contributed by atoms with van der Waals surface area (Å²) in [7, 11) is 0. The number of thioether (sulfide) groups is 1. The van der Waals surface area contributed by atoms with Gasteiger partial charge in [-0.15, -0.1) is 0 Å². The highest BCUT2D eigenvalue weighted by Crippen LogP contribution is 2.28. The average Bonchev–Trinajstić information content (AvgIpc) is 2.15. The van der Waals surface area contributed by atoms with Crippen LogP contribution in [0.2, 0.25) is 0 Å². The van der Waals surface area contributed by atoms with Crippen molar-refractivity contribution < 1.29 is 0 Å². The van der Waals surface area contributed by atoms with Gasteiger partial charge >= 0.3 is 0 Å². The van der Waals surface area contributed by atoms with Crippen molar-refractivity contribution in [3.8, 4) is 0 Å². The van der Waals surface area contributed by atoms with Crippen LogP contribution in [0.25, 0.3) is 0 Å². The highest BCUT2D eigenvalue weighted by atomic mass is 32.2. The van der Waals surface area contributed by atoms with Crippen LogP contribution >= 0.6 is 11.8 Å². The monoisotopic (exact) mass is 240 g/mol. The molecule has 1 heterocycles. The van der Waals surface area contributed by atoms with Crippen molar-refractivity contribution in [1.82, 2.24) is 5.32 Å². The van der Waals surface area contributed by atoms with Crippen LogP contribution in [-0.2, 0) is 0 Å². The second-order valence-electron chi connectivity index (χ2n) is 5.97. The lowest BCUT2D eigenvalue weighted by Crippen LogP contribution is -2.46. The maximum Gasteiger partial charge on any atom is 0.157 e. The van der Waals surface area contributed by atoms with E-state index < -0.39 is 0 Å². The Hall–Kier alpha value is -0.180. The van der Waals surface area contributed by atoms with Gasteiger partial charge in [-0.3, -0.25) is 4.99 Å². The molecule has 92 valence electrons. The van der Waals surface area contributed by atoms with Crippen LogP contribution in [0.15, 0.2) is 4.99 Å². The van der Waals surface area contributed by atoms with E-state index in [1.54, 1.807) is 0 Å². The molecule has 0 aromatic rings. The Labute approximate surface area is 104 Å². The van der Waals surface area contributed by atoms with E-state index in [2.05, 4.69) is 26.1 Å². The Morgan fingerprint density at radius 3 is 2.88 bits per heavy atom. The lowest BCUT2D eigenvalue weighted by Gasteiger charge is -2.33. The van der Waals surface area contributed by atoms with Crippen molar-refractivity contribution in [1.29, 1.82) is 0 Å². The molecule has 1 aliphatic heterocycles. The molecule has 1 saturated heterocycles. The summed E-state index contributed by atoms with van der Waals surface area (Å²) in [6.07, 6.45) is 6.56. The summed E-state index contributed by atoms with van der Waals surface area (Å²) in [6.45, 7) is 6.90. The number of amidine groups is 1. The number of aliphatic imine (C=N–C) groups is 1. The number of rotatable bonds is 1. The molecule has 3 heteroatoms. The van der Waals surface area contributed by atoms with Crippen LogP contribution in [0.3, 0.4) is 0 Å². The molecule has 1 N–H and O–H groups in total. The fourth-order valence-corrected chi connectivity index (χ4v) is 3.92. The predicted molar refractivity (Wildman–Crippen MR) is 73.1 cm³/mol. The summed E-state index contributed by atoms with van der Waals surface area (Å²) in [5.41, 5.74) is 0.240. The zero-order valence-corrected chi connectivity index (χ0v) is 11.6. The van der Waals surface area contributed by atoms with Gasteiger partial charge in [-0.2, -0.15) is 0 Å². The molecule has 0 aromatic carbocycles. The van der Waals surface area contributed by atoms with E-state index in [1.165, 1.54) is 43.0 Å². The van der Waals surface area contributed by atoms with Crippen LogP contribution in [-0.4, -0.2) is 22.5 Å². The highest BCUT2D eigenvalue weighted by molar-refractivity contribution is 8.13. The minimum Gasteiger partial charge on any atom is -0.360 e. The van der Waals surface area contributed by atoms with Crippen molar-refractivity contribution in [2.45, 2.75) is 64.5 Å². The van der Waals surface area contributed by atoms with E-state index >= 15 is 0 Å². The average molecular weight is 240 g/mol. The van der Waals surface area contributed by atoms with Crippen molar-refractivity contribution in [2.24, 2.45) is 10.9 Å². The molecule has 2 nitrogen and oxygen atoms in total. The van der Waals surface area contributed by atoms with Crippen LogP contribution < -0.4 is 5.32 Å². The molecule has 0 radical (unpaired) electrons. The predicted octanol–water partition coefficient (Wildman–Crippen LogP) is 3.43. The van der Waals surface area contributed by atoms with Crippen LogP contribution in [0.1, 0.15) is 52.9 Å². The maximum atomic E-state index is 4.91. The first-order valence-electron chi connectivity index (χ1n) is 6.54. The van der Waals surface area contributed by atoms with Gasteiger partial charge in [0.2, 0.25) is 0 Å². The number of hydrogen-bond donors (Lipinski definition) is 1. The second kappa shape index (κ2) is 4.99. The molecular weight excluding hydrogens is 216 g/mol. The smallest absolute Gasteiger partial charge is 0.157 e. The SMILES string of the molecule is CC1CCCC(N=C2NC(C)(C)CCS2)C1. The van der Waals surface area contributed by atoms with E-state index in [-0.39, 0.29) is 5.54 Å². The molecule has 1 saturated carbocycles. The molecule has 0 aromatic heterocycles. The van der Waals surface area contributed by atoms with E-state index in [0.717, 1.165) is 5.92 Å². The third kappa shape index (κ3) is 3.41. The molecule has 2 rings (SSSR count). The third-order valence-electron chi connectivity index (χ3n) is 3.62. The van der Waals surface area contributed by atoms with Gasteiger partial charge in [0.25, 0.3) is 0 Å². The van der Waals surface area contributed by atoms with Gasteiger partial charge in [0, 0.05) is 11.3 Å². The van der Waals surface area contributed by atoms with Crippen molar-refractivity contribution in [3.63, 3.8) is 0 Å². The van der Waals surface area contributed by atoms with Gasteiger partial charge in [-0.1, -0.05) is 31.5 Å². The lowest BCUT2D eigenvalue weighted by molar-refractivity contribution is 0.344. The Kier molecular flexibility index (Phi) is 3.83. The molecular formula is C13H24N2S. The van der Waals surface area contributed by atoms with Crippen LogP contribution in [0.5, 0.6) is 0 Å². The van der Waals surface area contributed by atoms with Crippen molar-refractivity contribution >= 4 is 16.9 Å². The maximum absolute atomic E-state index is 4.91. The van der Waals surface area contributed by atoms with Gasteiger partial charge in [-0.25, -0.2) is 0 Å². The van der Waals surface area contributed by atoms with E-state index in [0.29, 0.717) is 6.04 Å². The van der Waals surface area contributed by atoms with E-state index in [4.69, 9.17) is 4.99 Å². The molecule has 2 aliphatic rings. The standard InChI is InChI=1S/C13H24N2S/c1-10-5-4-6-11(9-10)14-12-15-13(2,3)7-8-16-12/h10-11H,4-9H2,1-3H3,(H,14,15). The number of nitrogens with one attached hydrogen (secondary N) is 1. The van der Waals surface area contributed by atoms with Gasteiger partial charge in [0.15, 0.2) is 5.17 Å². The van der Waals surface area contributed by atoms with E-state index in [9.17, 15) is 0 Å². The number of hydrogen-bond acceptors (Lipinski definition) is 2. The minimum atomic E-state index is 0.240. The van der Waals surface area contributed by atoms with Gasteiger partial charge < -0.3 is 5.32 Å². The zero-order chi connectivity index (χ0) is 11.6. The van der Waals surface area contributed by atoms with Crippen molar-refractivity contribution in [3.05, 3.63) is 0 Å². The summed E-state index contributed by atoms with van der Waals surface area (Å²) in [6, 6.07) is 0.577. The van der Waals surface area contributed by atoms with Gasteiger partial charge in [-0.05, 0) is 39.0 Å². The molecule has 0 amide bonds. The highest BCUT2D eigenvalue weighted by Gasteiger charge is 2.26. The fraction of sp³-hybridized carbons (Fsp3) is 0.923. The summed E-state index contributed by atoms with van der Waals surface area (Å²) < 4.78 is 0. The largest absolute Gasteiger partial charge is 0.360 e. The fourth-order valence-electron chi connectivity index (χ4n) is 2.55. The first-order chi connectivity index (χ1) is 7.55. The summed E-state index contributed by atoms with van der Waals surface area (Å²) in [4.78, 5) is 4.91. The Morgan fingerprint density at radius 2 is 2.19 bits per heavy atom. The molecule has 2 unspecified atom stereocenters. The number of nitrogens with zero attached hydrogens (tertiary/aromatic N) is 1. The molecule has 2 atom stereocenters. The lowest BCUT2D eigenvalue weighted by atomic mass is 9.87. The molecule has 1 aliphatic carbocycles. The quantitative estimate of drug-likeness (QED) is 0.759. The first-order valence-corrected chi connectivity index (χ1v) is 7.52. The third-order valence-corrected chi connectivity index (χ3v) is 4.51. The van der Waals surface area contributed by atoms with Crippen LogP contribution in [0, 0.1) is 5.92 Å². The minimum absolute atomic E-state index is 0.240. The molecule has 0 bridgehead atoms. The Morgan fingerprint density at radius 1 is 1.38 bits per heavy atom. The Balaban J connectivity index is 1.95. The second-order valence-corrected chi connectivity index (χ2v) is 7.05. The normalized spacial score (nSPS) is 37.1. The zero-order valence-electron chi connectivity index (χ0n) is 10.8. The topological polar surface area (TPSA) is 24.4 Å². The summed E-state index contributed by atoms with van der Waals surface area (Å²) in [5, 5.41) is 4.76. The van der Waals surface area contributed by atoms with Crippen LogP contribution in [0.4, 0.5) is 0 Å². The van der Waals surface area contributed by atoms with E-state index in [1.807, 2.05) is 11.8 Å². The van der Waals surface area contributed by atoms with Gasteiger partial charge in [0.1, 0.15) is 0 Å². The molecule has 16 heavy (non-hydrogen) atoms. The van der Waals surface area contributed by atoms with Crippen molar-refractivity contribution in [2.75, 3.05) is 5.75 Å².